The molecule has 8 aromatic carbocycles. The van der Waals surface area contributed by atoms with E-state index in [0.717, 1.165) is 16.7 Å². The molecule has 4 heteroatoms. The number of nitrogens with zero attached hydrogens (tertiary/aromatic N) is 3. The SMILES string of the molecule is c1ccc(-n2c3ccccc3c3cc(-c4ccc5c6ccccc6n(-c6ccc(-c7c8ccccc8nc8c7sc7ccccc78)cc6)c5c4)ccc32)cc1. The van der Waals surface area contributed by atoms with Crippen molar-refractivity contribution in [2.24, 2.45) is 0 Å². The first kappa shape index (κ1) is 30.5. The number of fused-ring (bicyclic) bond motifs is 10. The summed E-state index contributed by atoms with van der Waals surface area (Å²) in [6.45, 7) is 0. The van der Waals surface area contributed by atoms with Gasteiger partial charge in [-0.25, -0.2) is 4.98 Å². The lowest BCUT2D eigenvalue weighted by Crippen LogP contribution is -1.94. The number of para-hydroxylation sites is 4. The third kappa shape index (κ3) is 4.52. The number of benzene rings is 8. The lowest BCUT2D eigenvalue weighted by molar-refractivity contribution is 1.18. The van der Waals surface area contributed by atoms with Crippen molar-refractivity contribution in [3.8, 4) is 33.6 Å². The quantitative estimate of drug-likeness (QED) is 0.178. The van der Waals surface area contributed by atoms with E-state index < -0.39 is 0 Å². The van der Waals surface area contributed by atoms with E-state index in [0.29, 0.717) is 0 Å². The molecule has 3 nitrogen and oxygen atoms in total. The molecule has 0 radical (unpaired) electrons. The maximum Gasteiger partial charge on any atom is 0.0902 e. The number of thiophene rings is 1. The van der Waals surface area contributed by atoms with Gasteiger partial charge in [0.15, 0.2) is 0 Å². The summed E-state index contributed by atoms with van der Waals surface area (Å²) in [6.07, 6.45) is 0. The van der Waals surface area contributed by atoms with Crippen molar-refractivity contribution in [2.75, 3.05) is 0 Å². The van der Waals surface area contributed by atoms with Crippen LogP contribution in [0.4, 0.5) is 0 Å². The van der Waals surface area contributed by atoms with Gasteiger partial charge in [-0.15, -0.1) is 11.3 Å². The molecule has 0 aliphatic heterocycles. The zero-order valence-corrected chi connectivity index (χ0v) is 30.5. The van der Waals surface area contributed by atoms with Gasteiger partial charge in [0, 0.05) is 54.0 Å². The topological polar surface area (TPSA) is 22.8 Å². The Morgan fingerprint density at radius 1 is 0.364 bits per heavy atom. The Balaban J connectivity index is 1.03. The Kier molecular flexibility index (Phi) is 6.50. The van der Waals surface area contributed by atoms with Crippen LogP contribution >= 0.6 is 11.3 Å². The Morgan fingerprint density at radius 2 is 0.909 bits per heavy atom. The standard InChI is InChI=1S/C51H31N3S/c1-2-12-35(13-3-1)53-45-20-10-6-15-38(45)42-30-33(25-29-46(42)53)34-24-28-39-37-14-5-9-19-44(37)54(47(39)31-34)36-26-22-32(23-27-36)49-40-16-4-8-18-43(40)52-50-41-17-7-11-21-48(41)55-51(49)50/h1-31H. The van der Waals surface area contributed by atoms with Gasteiger partial charge < -0.3 is 9.13 Å². The van der Waals surface area contributed by atoms with Crippen molar-refractivity contribution < 1.29 is 0 Å². The van der Waals surface area contributed by atoms with Crippen LogP contribution in [0.15, 0.2) is 188 Å². The lowest BCUT2D eigenvalue weighted by atomic mass is 9.99. The first-order valence-corrected chi connectivity index (χ1v) is 19.5. The molecular weight excluding hydrogens is 687 g/mol. The van der Waals surface area contributed by atoms with Crippen molar-refractivity contribution >= 4 is 86.2 Å². The van der Waals surface area contributed by atoms with Gasteiger partial charge in [0.25, 0.3) is 0 Å². The Morgan fingerprint density at radius 3 is 1.71 bits per heavy atom. The highest BCUT2D eigenvalue weighted by Gasteiger charge is 2.19. The number of hydrogen-bond donors (Lipinski definition) is 0. The monoisotopic (exact) mass is 717 g/mol. The second-order valence-electron chi connectivity index (χ2n) is 14.3. The van der Waals surface area contributed by atoms with E-state index in [2.05, 4.69) is 197 Å². The number of hydrogen-bond acceptors (Lipinski definition) is 2. The first-order valence-electron chi connectivity index (χ1n) is 18.7. The minimum Gasteiger partial charge on any atom is -0.309 e. The fourth-order valence-electron chi connectivity index (χ4n) is 8.84. The van der Waals surface area contributed by atoms with Gasteiger partial charge in [0.1, 0.15) is 0 Å². The van der Waals surface area contributed by atoms with E-state index in [1.807, 2.05) is 11.3 Å². The average Bonchev–Trinajstić information content (AvgIpc) is 3.90. The molecule has 0 aliphatic carbocycles. The Bertz CT molecular complexity index is 3480. The fraction of sp³-hybridized carbons (Fsp3) is 0. The van der Waals surface area contributed by atoms with Crippen molar-refractivity contribution in [3.63, 3.8) is 0 Å². The van der Waals surface area contributed by atoms with E-state index in [4.69, 9.17) is 4.98 Å². The molecule has 0 spiro atoms. The van der Waals surface area contributed by atoms with Crippen LogP contribution in [0.1, 0.15) is 0 Å². The van der Waals surface area contributed by atoms with Crippen LogP contribution < -0.4 is 0 Å². The molecule has 4 aromatic heterocycles. The van der Waals surface area contributed by atoms with Gasteiger partial charge in [-0.3, -0.25) is 0 Å². The summed E-state index contributed by atoms with van der Waals surface area (Å²) in [5.74, 6) is 0. The fourth-order valence-corrected chi connectivity index (χ4v) is 10.1. The zero-order chi connectivity index (χ0) is 36.0. The Labute approximate surface area is 320 Å². The average molecular weight is 718 g/mol. The summed E-state index contributed by atoms with van der Waals surface area (Å²) in [4.78, 5) is 5.16. The summed E-state index contributed by atoms with van der Waals surface area (Å²) in [5, 5.41) is 7.41. The number of aromatic nitrogens is 3. The molecule has 0 saturated heterocycles. The highest BCUT2D eigenvalue weighted by molar-refractivity contribution is 7.26. The van der Waals surface area contributed by atoms with Crippen LogP contribution in [-0.2, 0) is 0 Å². The predicted molar refractivity (Wildman–Crippen MR) is 234 cm³/mol. The molecule has 0 saturated carbocycles. The number of rotatable bonds is 4. The van der Waals surface area contributed by atoms with Gasteiger partial charge in [0.05, 0.1) is 37.8 Å². The minimum atomic E-state index is 1.02. The minimum absolute atomic E-state index is 1.02. The summed E-state index contributed by atoms with van der Waals surface area (Å²) in [6, 6.07) is 68.4. The van der Waals surface area contributed by atoms with Crippen LogP contribution in [0.25, 0.3) is 108 Å². The van der Waals surface area contributed by atoms with Crippen molar-refractivity contribution in [1.29, 1.82) is 0 Å². The third-order valence-corrected chi connectivity index (χ3v) is 12.5. The number of pyridine rings is 1. The molecule has 0 N–H and O–H groups in total. The van der Waals surface area contributed by atoms with Gasteiger partial charge in [-0.1, -0.05) is 121 Å². The van der Waals surface area contributed by atoms with Crippen molar-refractivity contribution in [2.45, 2.75) is 0 Å². The molecule has 55 heavy (non-hydrogen) atoms. The van der Waals surface area contributed by atoms with Crippen molar-refractivity contribution in [3.05, 3.63) is 188 Å². The zero-order valence-electron chi connectivity index (χ0n) is 29.6. The summed E-state index contributed by atoms with van der Waals surface area (Å²) in [7, 11) is 0. The first-order chi connectivity index (χ1) is 27.3. The van der Waals surface area contributed by atoms with E-state index >= 15 is 0 Å². The van der Waals surface area contributed by atoms with Crippen LogP contribution in [0.2, 0.25) is 0 Å². The van der Waals surface area contributed by atoms with Crippen LogP contribution in [-0.4, -0.2) is 14.1 Å². The van der Waals surface area contributed by atoms with E-state index in [9.17, 15) is 0 Å². The molecule has 0 amide bonds. The molecule has 12 aromatic rings. The smallest absolute Gasteiger partial charge is 0.0902 e. The second-order valence-corrected chi connectivity index (χ2v) is 15.4. The molecular formula is C51H31N3S. The van der Waals surface area contributed by atoms with Gasteiger partial charge >= 0.3 is 0 Å². The summed E-state index contributed by atoms with van der Waals surface area (Å²) >= 11 is 1.84. The van der Waals surface area contributed by atoms with E-state index in [1.54, 1.807) is 0 Å². The molecule has 0 bridgehead atoms. The Hall–Kier alpha value is -7.01. The van der Waals surface area contributed by atoms with Crippen molar-refractivity contribution in [1.82, 2.24) is 14.1 Å². The molecule has 4 heterocycles. The van der Waals surface area contributed by atoms with Crippen LogP contribution in [0.3, 0.4) is 0 Å². The van der Waals surface area contributed by atoms with Crippen LogP contribution in [0.5, 0.6) is 0 Å². The van der Waals surface area contributed by atoms with Crippen LogP contribution in [0, 0.1) is 0 Å². The molecule has 0 fully saturated rings. The van der Waals surface area contributed by atoms with Gasteiger partial charge in [0.2, 0.25) is 0 Å². The maximum absolute atomic E-state index is 5.16. The molecule has 0 unspecified atom stereocenters. The molecule has 256 valence electrons. The highest BCUT2D eigenvalue weighted by Crippen LogP contribution is 2.43. The van der Waals surface area contributed by atoms with Gasteiger partial charge in [-0.2, -0.15) is 0 Å². The van der Waals surface area contributed by atoms with Gasteiger partial charge in [-0.05, 0) is 83.4 Å². The summed E-state index contributed by atoms with van der Waals surface area (Å²) in [5.41, 5.74) is 14.1. The molecule has 0 aliphatic rings. The van der Waals surface area contributed by atoms with E-state index in [-0.39, 0.29) is 0 Å². The molecule has 12 rings (SSSR count). The van der Waals surface area contributed by atoms with E-state index in [1.165, 1.54) is 91.7 Å². The lowest BCUT2D eigenvalue weighted by Gasteiger charge is -2.12. The highest BCUT2D eigenvalue weighted by atomic mass is 32.1. The maximum atomic E-state index is 5.16. The second kappa shape index (κ2) is 11.7. The molecule has 0 atom stereocenters. The predicted octanol–water partition coefficient (Wildman–Crippen LogP) is 14.1. The normalized spacial score (nSPS) is 12.0. The summed E-state index contributed by atoms with van der Waals surface area (Å²) < 4.78 is 7.30. The third-order valence-electron chi connectivity index (χ3n) is 11.3. The largest absolute Gasteiger partial charge is 0.309 e.